The van der Waals surface area contributed by atoms with Gasteiger partial charge >= 0.3 is 0 Å². The fourth-order valence-corrected chi connectivity index (χ4v) is 2.00. The summed E-state index contributed by atoms with van der Waals surface area (Å²) >= 11 is 6.13. The van der Waals surface area contributed by atoms with Crippen LogP contribution in [0.1, 0.15) is 24.2 Å². The molecule has 18 heavy (non-hydrogen) atoms. The van der Waals surface area contributed by atoms with Crippen LogP contribution in [0.4, 0.5) is 5.82 Å². The summed E-state index contributed by atoms with van der Waals surface area (Å²) in [5.74, 6) is 0.974. The number of hydrogen-bond donors (Lipinski definition) is 1. The Kier molecular flexibility index (Phi) is 3.72. The van der Waals surface area contributed by atoms with Crippen LogP contribution >= 0.6 is 11.6 Å². The van der Waals surface area contributed by atoms with E-state index in [0.717, 1.165) is 11.1 Å². The highest BCUT2D eigenvalue weighted by Crippen LogP contribution is 2.29. The molecular formula is C14H15ClN2O. The number of halogens is 1. The highest BCUT2D eigenvalue weighted by Gasteiger charge is 2.12. The normalized spacial score (nSPS) is 12.2. The van der Waals surface area contributed by atoms with E-state index in [1.54, 1.807) is 6.20 Å². The smallest absolute Gasteiger partial charge is 0.166 e. The highest BCUT2D eigenvalue weighted by molar-refractivity contribution is 6.31. The molecule has 0 aliphatic rings. The van der Waals surface area contributed by atoms with Crippen LogP contribution in [0.25, 0.3) is 0 Å². The van der Waals surface area contributed by atoms with Gasteiger partial charge in [0.25, 0.3) is 0 Å². The maximum absolute atomic E-state index is 6.13. The van der Waals surface area contributed by atoms with Crippen LogP contribution in [-0.2, 0) is 0 Å². The molecule has 1 aromatic heterocycles. The van der Waals surface area contributed by atoms with Gasteiger partial charge in [-0.05, 0) is 31.5 Å². The van der Waals surface area contributed by atoms with Crippen molar-refractivity contribution in [3.8, 4) is 5.75 Å². The van der Waals surface area contributed by atoms with E-state index in [4.69, 9.17) is 22.1 Å². The molecule has 0 fully saturated rings. The van der Waals surface area contributed by atoms with Crippen LogP contribution in [-0.4, -0.2) is 4.98 Å². The molecule has 94 valence electrons. The van der Waals surface area contributed by atoms with E-state index in [2.05, 4.69) is 4.98 Å². The lowest BCUT2D eigenvalue weighted by atomic mass is 10.1. The number of nitrogen functional groups attached to an aromatic ring is 1. The maximum atomic E-state index is 6.13. The van der Waals surface area contributed by atoms with Crippen molar-refractivity contribution in [1.82, 2.24) is 4.98 Å². The van der Waals surface area contributed by atoms with Gasteiger partial charge in [-0.25, -0.2) is 4.98 Å². The van der Waals surface area contributed by atoms with Gasteiger partial charge in [0.15, 0.2) is 11.6 Å². The van der Waals surface area contributed by atoms with Gasteiger partial charge in [-0.3, -0.25) is 0 Å². The molecule has 0 aliphatic carbocycles. The number of aromatic nitrogens is 1. The number of pyridine rings is 1. The maximum Gasteiger partial charge on any atom is 0.166 e. The Labute approximate surface area is 112 Å². The third-order valence-corrected chi connectivity index (χ3v) is 3.01. The number of nitrogens with two attached hydrogens (primary N) is 1. The summed E-state index contributed by atoms with van der Waals surface area (Å²) in [6, 6.07) is 9.47. The first-order valence-electron chi connectivity index (χ1n) is 5.71. The molecule has 1 atom stereocenters. The van der Waals surface area contributed by atoms with Crippen molar-refractivity contribution in [2.24, 2.45) is 0 Å². The van der Waals surface area contributed by atoms with E-state index in [9.17, 15) is 0 Å². The van der Waals surface area contributed by atoms with Crippen molar-refractivity contribution in [1.29, 1.82) is 0 Å². The summed E-state index contributed by atoms with van der Waals surface area (Å²) in [5, 5.41) is 0.684. The van der Waals surface area contributed by atoms with Crippen LogP contribution in [0.2, 0.25) is 5.02 Å². The Morgan fingerprint density at radius 1 is 1.33 bits per heavy atom. The quantitative estimate of drug-likeness (QED) is 0.916. The molecule has 4 heteroatoms. The Balaban J connectivity index is 2.24. The number of aryl methyl sites for hydroxylation is 1. The van der Waals surface area contributed by atoms with Crippen molar-refractivity contribution in [3.63, 3.8) is 0 Å². The van der Waals surface area contributed by atoms with E-state index in [1.165, 1.54) is 0 Å². The molecule has 1 unspecified atom stereocenters. The lowest BCUT2D eigenvalue weighted by Gasteiger charge is -2.17. The molecule has 0 spiro atoms. The molecule has 0 radical (unpaired) electrons. The van der Waals surface area contributed by atoms with E-state index < -0.39 is 0 Å². The third kappa shape index (κ3) is 2.74. The molecule has 0 aliphatic heterocycles. The van der Waals surface area contributed by atoms with Crippen molar-refractivity contribution in [2.75, 3.05) is 5.73 Å². The van der Waals surface area contributed by atoms with Gasteiger partial charge in [-0.1, -0.05) is 29.8 Å². The van der Waals surface area contributed by atoms with E-state index in [1.807, 2.05) is 44.2 Å². The Morgan fingerprint density at radius 2 is 2.06 bits per heavy atom. The average Bonchev–Trinajstić information content (AvgIpc) is 2.34. The Morgan fingerprint density at radius 3 is 2.78 bits per heavy atom. The molecular weight excluding hydrogens is 248 g/mol. The van der Waals surface area contributed by atoms with Crippen molar-refractivity contribution < 1.29 is 4.74 Å². The first-order valence-corrected chi connectivity index (χ1v) is 6.09. The van der Waals surface area contributed by atoms with Crippen LogP contribution in [0.15, 0.2) is 36.5 Å². The number of rotatable bonds is 3. The summed E-state index contributed by atoms with van der Waals surface area (Å²) in [4.78, 5) is 4.07. The fraction of sp³-hybridized carbons (Fsp3) is 0.214. The van der Waals surface area contributed by atoms with Gasteiger partial charge in [0, 0.05) is 16.8 Å². The monoisotopic (exact) mass is 262 g/mol. The zero-order chi connectivity index (χ0) is 13.1. The summed E-state index contributed by atoms with van der Waals surface area (Å²) in [5.41, 5.74) is 7.72. The molecule has 0 saturated carbocycles. The van der Waals surface area contributed by atoms with Gasteiger partial charge in [0.2, 0.25) is 0 Å². The molecule has 0 bridgehead atoms. The molecule has 1 heterocycles. The van der Waals surface area contributed by atoms with Gasteiger partial charge < -0.3 is 10.5 Å². The number of nitrogens with zero attached hydrogens (tertiary/aromatic N) is 1. The van der Waals surface area contributed by atoms with E-state index >= 15 is 0 Å². The summed E-state index contributed by atoms with van der Waals surface area (Å²) in [6.45, 7) is 3.88. The van der Waals surface area contributed by atoms with Crippen LogP contribution in [0.3, 0.4) is 0 Å². The number of ether oxygens (including phenoxy) is 1. The second kappa shape index (κ2) is 5.27. The standard InChI is InChI=1S/C14H15ClN2O/c1-9-7-13(14(16)17-8-9)18-10(2)11-5-3-4-6-12(11)15/h3-8,10H,1-2H3,(H2,16,17). The second-order valence-corrected chi connectivity index (χ2v) is 4.58. The van der Waals surface area contributed by atoms with Crippen LogP contribution in [0, 0.1) is 6.92 Å². The second-order valence-electron chi connectivity index (χ2n) is 4.18. The van der Waals surface area contributed by atoms with E-state index in [0.29, 0.717) is 16.6 Å². The zero-order valence-electron chi connectivity index (χ0n) is 10.4. The largest absolute Gasteiger partial charge is 0.482 e. The van der Waals surface area contributed by atoms with Crippen molar-refractivity contribution in [3.05, 3.63) is 52.7 Å². The predicted octanol–water partition coefficient (Wildman–Crippen LogP) is 3.77. The lowest BCUT2D eigenvalue weighted by molar-refractivity contribution is 0.227. The molecule has 0 saturated heterocycles. The van der Waals surface area contributed by atoms with Gasteiger partial charge in [0.05, 0.1) is 0 Å². The zero-order valence-corrected chi connectivity index (χ0v) is 11.1. The predicted molar refractivity (Wildman–Crippen MR) is 73.9 cm³/mol. The SMILES string of the molecule is Cc1cnc(N)c(OC(C)c2ccccc2Cl)c1. The number of anilines is 1. The van der Waals surface area contributed by atoms with Crippen LogP contribution in [0.5, 0.6) is 5.75 Å². The lowest BCUT2D eigenvalue weighted by Crippen LogP contribution is -2.06. The fourth-order valence-electron chi connectivity index (χ4n) is 1.71. The van der Waals surface area contributed by atoms with E-state index in [-0.39, 0.29) is 6.10 Å². The molecule has 0 amide bonds. The molecule has 2 aromatic rings. The average molecular weight is 263 g/mol. The minimum Gasteiger partial charge on any atom is -0.482 e. The molecule has 1 aromatic carbocycles. The van der Waals surface area contributed by atoms with Gasteiger partial charge in [-0.2, -0.15) is 0 Å². The first-order chi connectivity index (χ1) is 8.58. The minimum absolute atomic E-state index is 0.176. The number of hydrogen-bond acceptors (Lipinski definition) is 3. The third-order valence-electron chi connectivity index (χ3n) is 2.67. The molecule has 2 rings (SSSR count). The highest BCUT2D eigenvalue weighted by atomic mass is 35.5. The minimum atomic E-state index is -0.176. The Bertz CT molecular complexity index is 557. The summed E-state index contributed by atoms with van der Waals surface area (Å²) in [6.07, 6.45) is 1.53. The summed E-state index contributed by atoms with van der Waals surface area (Å²) < 4.78 is 5.82. The Hall–Kier alpha value is -1.74. The van der Waals surface area contributed by atoms with Gasteiger partial charge in [-0.15, -0.1) is 0 Å². The molecule has 3 nitrogen and oxygen atoms in total. The van der Waals surface area contributed by atoms with Crippen molar-refractivity contribution in [2.45, 2.75) is 20.0 Å². The molecule has 2 N–H and O–H groups in total. The number of benzene rings is 1. The van der Waals surface area contributed by atoms with Crippen LogP contribution < -0.4 is 10.5 Å². The topological polar surface area (TPSA) is 48.1 Å². The van der Waals surface area contributed by atoms with Gasteiger partial charge in [0.1, 0.15) is 6.10 Å². The van der Waals surface area contributed by atoms with Crippen molar-refractivity contribution >= 4 is 17.4 Å². The first kappa shape index (κ1) is 12.7. The summed E-state index contributed by atoms with van der Waals surface area (Å²) in [7, 11) is 0.